The van der Waals surface area contributed by atoms with Crippen LogP contribution < -0.4 is 5.32 Å². The zero-order valence-corrected chi connectivity index (χ0v) is 22.2. The van der Waals surface area contributed by atoms with E-state index in [0.717, 1.165) is 25.0 Å². The highest BCUT2D eigenvalue weighted by Crippen LogP contribution is 2.23. The fourth-order valence-electron chi connectivity index (χ4n) is 3.39. The first-order chi connectivity index (χ1) is 15.0. The molecule has 3 amide bonds. The first-order valence-electron chi connectivity index (χ1n) is 11.9. The number of hydrogen-bond acceptors (Lipinski definition) is 5. The van der Waals surface area contributed by atoms with E-state index in [1.807, 2.05) is 20.8 Å². The minimum Gasteiger partial charge on any atom is -0.333 e. The summed E-state index contributed by atoms with van der Waals surface area (Å²) in [5.41, 5.74) is -1.45. The zero-order valence-electron chi connectivity index (χ0n) is 21.4. The van der Waals surface area contributed by atoms with Gasteiger partial charge < -0.3 is 15.1 Å². The Balaban J connectivity index is 5.89. The molecule has 7 nitrogen and oxygen atoms in total. The molecule has 0 fully saturated rings. The summed E-state index contributed by atoms with van der Waals surface area (Å²) < 4.78 is 0. The van der Waals surface area contributed by atoms with E-state index in [4.69, 9.17) is 0 Å². The number of amides is 3. The van der Waals surface area contributed by atoms with Crippen molar-refractivity contribution in [3.8, 4) is 0 Å². The second-order valence-corrected chi connectivity index (χ2v) is 10.4. The fraction of sp³-hybridized carbons (Fsp3) is 0.833. The monoisotopic (exact) mass is 471 g/mol. The number of hydrogen-bond donors (Lipinski definition) is 1. The van der Waals surface area contributed by atoms with Crippen LogP contribution in [0.25, 0.3) is 0 Å². The molecule has 2 atom stereocenters. The van der Waals surface area contributed by atoms with Gasteiger partial charge in [-0.2, -0.15) is 11.8 Å². The van der Waals surface area contributed by atoms with Gasteiger partial charge in [-0.1, -0.05) is 54.4 Å². The van der Waals surface area contributed by atoms with Gasteiger partial charge in [-0.15, -0.1) is 0 Å². The van der Waals surface area contributed by atoms with Crippen LogP contribution in [0.3, 0.4) is 0 Å². The molecule has 1 N–H and O–H groups in total. The summed E-state index contributed by atoms with van der Waals surface area (Å²) >= 11 is 1.64. The van der Waals surface area contributed by atoms with Crippen molar-refractivity contribution in [2.45, 2.75) is 91.8 Å². The van der Waals surface area contributed by atoms with Crippen LogP contribution in [0.15, 0.2) is 0 Å². The van der Waals surface area contributed by atoms with Crippen LogP contribution in [-0.2, 0) is 19.2 Å². The molecular formula is C24H45N3O4S. The van der Waals surface area contributed by atoms with Gasteiger partial charge in [0.15, 0.2) is 11.9 Å². The van der Waals surface area contributed by atoms with Crippen LogP contribution in [0.4, 0.5) is 0 Å². The van der Waals surface area contributed by atoms with E-state index in [0.29, 0.717) is 31.3 Å². The van der Waals surface area contributed by atoms with Crippen LogP contribution in [0.5, 0.6) is 0 Å². The highest BCUT2D eigenvalue weighted by Gasteiger charge is 2.43. The molecule has 8 heteroatoms. The summed E-state index contributed by atoms with van der Waals surface area (Å²) in [7, 11) is 3.20. The molecule has 186 valence electrons. The number of likely N-dealkylation sites (N-methyl/N-ethyl adjacent to an activating group) is 2. The molecule has 0 heterocycles. The van der Waals surface area contributed by atoms with Crippen molar-refractivity contribution >= 4 is 35.8 Å². The average Bonchev–Trinajstić information content (AvgIpc) is 2.73. The van der Waals surface area contributed by atoms with Gasteiger partial charge in [0.25, 0.3) is 0 Å². The predicted molar refractivity (Wildman–Crippen MR) is 132 cm³/mol. The molecule has 0 radical (unpaired) electrons. The first kappa shape index (κ1) is 30.4. The lowest BCUT2D eigenvalue weighted by atomic mass is 9.95. The topological polar surface area (TPSA) is 86.8 Å². The van der Waals surface area contributed by atoms with Gasteiger partial charge >= 0.3 is 0 Å². The van der Waals surface area contributed by atoms with Crippen molar-refractivity contribution in [1.82, 2.24) is 15.1 Å². The van der Waals surface area contributed by atoms with Gasteiger partial charge in [0.2, 0.25) is 17.7 Å². The lowest BCUT2D eigenvalue weighted by molar-refractivity contribution is -0.152. The van der Waals surface area contributed by atoms with E-state index in [1.54, 1.807) is 39.7 Å². The van der Waals surface area contributed by atoms with Crippen LogP contribution in [0, 0.1) is 11.8 Å². The Kier molecular flexibility index (Phi) is 14.5. The van der Waals surface area contributed by atoms with Crippen molar-refractivity contribution in [3.05, 3.63) is 0 Å². The van der Waals surface area contributed by atoms with Gasteiger partial charge in [-0.3, -0.25) is 19.2 Å². The van der Waals surface area contributed by atoms with Gasteiger partial charge in [-0.25, -0.2) is 0 Å². The quantitative estimate of drug-likeness (QED) is 0.211. The van der Waals surface area contributed by atoms with Crippen LogP contribution in [-0.4, -0.2) is 71.1 Å². The summed E-state index contributed by atoms with van der Waals surface area (Å²) in [6.45, 7) is 11.4. The highest BCUT2D eigenvalue weighted by molar-refractivity contribution is 7.99. The third-order valence-electron chi connectivity index (χ3n) is 5.49. The van der Waals surface area contributed by atoms with Crippen LogP contribution >= 0.6 is 11.8 Å². The van der Waals surface area contributed by atoms with Crippen molar-refractivity contribution in [1.29, 1.82) is 0 Å². The Hall–Kier alpha value is -1.57. The standard InChI is InChI=1S/C24H45N3O4S/c1-9-11-12-14-32-16-20(26(7)21(29)13-10-2)23(31)27(8)24(17-28,15-18(3)4)25-22(30)19(5)6/h17-20H,9-16H2,1-8H3,(H,25,30). The summed E-state index contributed by atoms with van der Waals surface area (Å²) in [4.78, 5) is 54.0. The molecule has 2 unspecified atom stereocenters. The van der Waals surface area contributed by atoms with Crippen LogP contribution in [0.1, 0.15) is 80.1 Å². The highest BCUT2D eigenvalue weighted by atomic mass is 32.2. The third-order valence-corrected chi connectivity index (χ3v) is 6.61. The maximum absolute atomic E-state index is 13.7. The molecule has 0 aliphatic carbocycles. The molecule has 0 aliphatic rings. The van der Waals surface area contributed by atoms with E-state index in [1.165, 1.54) is 9.80 Å². The third kappa shape index (κ3) is 9.51. The Bertz CT molecular complexity index is 612. The van der Waals surface area contributed by atoms with Gasteiger partial charge in [0.05, 0.1) is 0 Å². The van der Waals surface area contributed by atoms with Crippen molar-refractivity contribution in [3.63, 3.8) is 0 Å². The molecule has 0 aromatic rings. The number of nitrogens with zero attached hydrogens (tertiary/aromatic N) is 2. The minimum absolute atomic E-state index is 0.0595. The number of thioether (sulfide) groups is 1. The van der Waals surface area contributed by atoms with E-state index >= 15 is 0 Å². The van der Waals surface area contributed by atoms with E-state index in [-0.39, 0.29) is 29.6 Å². The molecule has 0 rings (SSSR count). The van der Waals surface area contributed by atoms with E-state index in [9.17, 15) is 19.2 Å². The molecular weight excluding hydrogens is 426 g/mol. The summed E-state index contributed by atoms with van der Waals surface area (Å²) in [6, 6.07) is -0.701. The Morgan fingerprint density at radius 1 is 1.03 bits per heavy atom. The maximum atomic E-state index is 13.7. The van der Waals surface area contributed by atoms with E-state index < -0.39 is 11.7 Å². The average molecular weight is 472 g/mol. The number of aldehydes is 1. The van der Waals surface area contributed by atoms with Crippen molar-refractivity contribution in [2.24, 2.45) is 11.8 Å². The van der Waals surface area contributed by atoms with Gasteiger partial charge in [0.1, 0.15) is 6.04 Å². The van der Waals surface area contributed by atoms with E-state index in [2.05, 4.69) is 12.2 Å². The number of carbonyl (C=O) groups is 4. The predicted octanol–water partition coefficient (Wildman–Crippen LogP) is 3.71. The maximum Gasteiger partial charge on any atom is 0.248 e. The summed E-state index contributed by atoms with van der Waals surface area (Å²) in [5.74, 6) is 0.364. The largest absolute Gasteiger partial charge is 0.333 e. The van der Waals surface area contributed by atoms with Crippen molar-refractivity contribution in [2.75, 3.05) is 25.6 Å². The lowest BCUT2D eigenvalue weighted by Crippen LogP contribution is -2.66. The molecule has 0 aromatic heterocycles. The number of unbranched alkanes of at least 4 members (excludes halogenated alkanes) is 2. The van der Waals surface area contributed by atoms with Crippen molar-refractivity contribution < 1.29 is 19.2 Å². The SMILES string of the molecule is CCCCCSCC(C(=O)N(C)C(C=O)(CC(C)C)NC(=O)C(C)C)N(C)C(=O)CCC. The Labute approximate surface area is 199 Å². The second kappa shape index (κ2) is 15.3. The van der Waals surface area contributed by atoms with Gasteiger partial charge in [0, 0.05) is 32.2 Å². The normalized spacial score (nSPS) is 14.1. The summed E-state index contributed by atoms with van der Waals surface area (Å²) in [6.07, 6.45) is 5.30. The number of carbonyl (C=O) groups excluding carboxylic acids is 4. The van der Waals surface area contributed by atoms with Crippen LogP contribution in [0.2, 0.25) is 0 Å². The Morgan fingerprint density at radius 3 is 2.12 bits per heavy atom. The molecule has 0 saturated heterocycles. The number of rotatable bonds is 16. The molecule has 0 saturated carbocycles. The smallest absolute Gasteiger partial charge is 0.248 e. The molecule has 0 aliphatic heterocycles. The second-order valence-electron chi connectivity index (χ2n) is 9.23. The first-order valence-corrected chi connectivity index (χ1v) is 13.0. The zero-order chi connectivity index (χ0) is 24.9. The molecule has 0 aromatic carbocycles. The molecule has 32 heavy (non-hydrogen) atoms. The summed E-state index contributed by atoms with van der Waals surface area (Å²) in [5, 5.41) is 2.81. The molecule has 0 bridgehead atoms. The minimum atomic E-state index is -1.45. The fourth-order valence-corrected chi connectivity index (χ4v) is 4.55. The lowest BCUT2D eigenvalue weighted by Gasteiger charge is -2.42. The molecule has 0 spiro atoms. The van der Waals surface area contributed by atoms with Gasteiger partial charge in [-0.05, 0) is 30.9 Å². The Morgan fingerprint density at radius 2 is 1.66 bits per heavy atom. The number of nitrogens with one attached hydrogen (secondary N) is 1.